The molecule has 0 bridgehead atoms. The molecule has 1 aromatic rings. The first-order valence-corrected chi connectivity index (χ1v) is 14.1. The molecule has 34 heavy (non-hydrogen) atoms. The summed E-state index contributed by atoms with van der Waals surface area (Å²) >= 11 is 1.95. The first-order chi connectivity index (χ1) is 16.4. The third-order valence-corrected chi connectivity index (χ3v) is 7.02. The topological polar surface area (TPSA) is 53.1 Å². The van der Waals surface area contributed by atoms with E-state index in [-0.39, 0.29) is 6.04 Å². The third-order valence-electron chi connectivity index (χ3n) is 6.05. The highest BCUT2D eigenvalue weighted by atomic mass is 32.2. The Morgan fingerprint density at radius 3 is 2.18 bits per heavy atom. The summed E-state index contributed by atoms with van der Waals surface area (Å²) in [5, 5.41) is 3.59. The fourth-order valence-electron chi connectivity index (χ4n) is 3.89. The zero-order chi connectivity index (χ0) is 24.6. The number of rotatable bonds is 15. The average Bonchev–Trinajstić information content (AvgIpc) is 3.50. The maximum Gasteiger partial charge on any atom is 0.129 e. The molecule has 0 fully saturated rings. The molecule has 0 amide bonds. The van der Waals surface area contributed by atoms with Crippen molar-refractivity contribution in [2.24, 2.45) is 4.99 Å². The van der Waals surface area contributed by atoms with Gasteiger partial charge in [-0.3, -0.25) is 4.99 Å². The van der Waals surface area contributed by atoms with Gasteiger partial charge in [0.15, 0.2) is 0 Å². The molecule has 0 aromatic carbocycles. The number of imidazole rings is 1. The van der Waals surface area contributed by atoms with Crippen molar-refractivity contribution < 1.29 is 0 Å². The molecule has 0 spiro atoms. The van der Waals surface area contributed by atoms with Crippen molar-refractivity contribution in [3.8, 4) is 0 Å². The van der Waals surface area contributed by atoms with Crippen LogP contribution in [-0.4, -0.2) is 33.9 Å². The van der Waals surface area contributed by atoms with Gasteiger partial charge in [-0.1, -0.05) is 46.6 Å². The third kappa shape index (κ3) is 12.5. The standard InChI is InChI=1S/C29H46N4S/c1-23(2)10-6-11-24(3)12-7-13-25(4)14-8-15-26(5)17-21-34-22-27(29-31-19-20-32-29)33-28-16-9-18-30-28/h10,12,14,17,19-20,27H,6-9,11,13,15-16,18,21-22H2,1-5H3,(H,30,33)(H,31,32)/b24-12+,25-14+,26-17+. The van der Waals surface area contributed by atoms with E-state index in [1.807, 2.05) is 24.2 Å². The second kappa shape index (κ2) is 16.6. The number of allylic oxidation sites excluding steroid dienone is 7. The van der Waals surface area contributed by atoms with Gasteiger partial charge in [0.25, 0.3) is 0 Å². The van der Waals surface area contributed by atoms with Gasteiger partial charge in [0.05, 0.1) is 11.9 Å². The maximum atomic E-state index is 4.57. The molecule has 2 heterocycles. The maximum absolute atomic E-state index is 4.57. The Morgan fingerprint density at radius 1 is 0.971 bits per heavy atom. The molecular weight excluding hydrogens is 436 g/mol. The summed E-state index contributed by atoms with van der Waals surface area (Å²) in [5.41, 5.74) is 5.92. The highest BCUT2D eigenvalue weighted by molar-refractivity contribution is 7.99. The predicted molar refractivity (Wildman–Crippen MR) is 152 cm³/mol. The van der Waals surface area contributed by atoms with Crippen LogP contribution in [0.5, 0.6) is 0 Å². The number of aromatic nitrogens is 2. The number of nitrogens with one attached hydrogen (secondary N) is 2. The number of aromatic amines is 1. The lowest BCUT2D eigenvalue weighted by molar-refractivity contribution is 0.677. The molecule has 2 rings (SSSR count). The Balaban J connectivity index is 1.64. The van der Waals surface area contributed by atoms with Crippen molar-refractivity contribution in [1.29, 1.82) is 0 Å². The van der Waals surface area contributed by atoms with E-state index in [1.54, 1.807) is 0 Å². The molecule has 1 aliphatic heterocycles. The van der Waals surface area contributed by atoms with Crippen molar-refractivity contribution in [2.45, 2.75) is 92.0 Å². The zero-order valence-electron chi connectivity index (χ0n) is 22.1. The molecule has 1 aromatic heterocycles. The van der Waals surface area contributed by atoms with Crippen LogP contribution in [0, 0.1) is 0 Å². The van der Waals surface area contributed by atoms with Crippen molar-refractivity contribution >= 4 is 17.6 Å². The Bertz CT molecular complexity index is 855. The fourth-order valence-corrected chi connectivity index (χ4v) is 4.91. The minimum atomic E-state index is 0.195. The zero-order valence-corrected chi connectivity index (χ0v) is 22.9. The van der Waals surface area contributed by atoms with E-state index in [4.69, 9.17) is 0 Å². The molecule has 2 N–H and O–H groups in total. The number of nitrogens with zero attached hydrogens (tertiary/aromatic N) is 2. The van der Waals surface area contributed by atoms with Gasteiger partial charge < -0.3 is 10.3 Å². The van der Waals surface area contributed by atoms with Gasteiger partial charge in [-0.25, -0.2) is 4.98 Å². The summed E-state index contributed by atoms with van der Waals surface area (Å²) in [6.07, 6.45) is 22.5. The van der Waals surface area contributed by atoms with Gasteiger partial charge in [-0.15, -0.1) is 0 Å². The van der Waals surface area contributed by atoms with E-state index >= 15 is 0 Å². The number of H-pyrrole nitrogens is 1. The smallest absolute Gasteiger partial charge is 0.129 e. The summed E-state index contributed by atoms with van der Waals surface area (Å²) in [4.78, 5) is 12.3. The van der Waals surface area contributed by atoms with Crippen molar-refractivity contribution in [2.75, 3.05) is 18.1 Å². The summed E-state index contributed by atoms with van der Waals surface area (Å²) in [6, 6.07) is 0.195. The lowest BCUT2D eigenvalue weighted by atomic mass is 10.0. The van der Waals surface area contributed by atoms with E-state index in [2.05, 4.69) is 79.2 Å². The molecule has 1 unspecified atom stereocenters. The molecule has 0 radical (unpaired) electrons. The molecule has 0 saturated carbocycles. The summed E-state index contributed by atoms with van der Waals surface area (Å²) < 4.78 is 0. The Kier molecular flexibility index (Phi) is 13.8. The van der Waals surface area contributed by atoms with Gasteiger partial charge >= 0.3 is 0 Å². The van der Waals surface area contributed by atoms with Gasteiger partial charge in [0, 0.05) is 36.9 Å². The van der Waals surface area contributed by atoms with Crippen LogP contribution in [0.2, 0.25) is 0 Å². The summed E-state index contributed by atoms with van der Waals surface area (Å²) in [7, 11) is 0. The van der Waals surface area contributed by atoms with Gasteiger partial charge in [0.1, 0.15) is 5.82 Å². The quantitative estimate of drug-likeness (QED) is 0.196. The number of aliphatic imine (C=N–C) groups is 1. The highest BCUT2D eigenvalue weighted by Gasteiger charge is 2.17. The lowest BCUT2D eigenvalue weighted by Crippen LogP contribution is -2.29. The minimum Gasteiger partial charge on any atom is -0.363 e. The molecule has 1 aliphatic rings. The molecule has 188 valence electrons. The van der Waals surface area contributed by atoms with Crippen molar-refractivity contribution in [1.82, 2.24) is 15.3 Å². The Labute approximate surface area is 212 Å². The summed E-state index contributed by atoms with van der Waals surface area (Å²) in [5.74, 6) is 4.15. The van der Waals surface area contributed by atoms with Crippen LogP contribution >= 0.6 is 11.8 Å². The minimum absolute atomic E-state index is 0.195. The predicted octanol–water partition coefficient (Wildman–Crippen LogP) is 8.11. The molecule has 0 saturated heterocycles. The fraction of sp³-hybridized carbons (Fsp3) is 0.586. The van der Waals surface area contributed by atoms with Crippen LogP contribution in [0.15, 0.2) is 64.0 Å². The van der Waals surface area contributed by atoms with E-state index in [0.717, 1.165) is 61.8 Å². The van der Waals surface area contributed by atoms with Crippen LogP contribution in [-0.2, 0) is 0 Å². The molecule has 5 heteroatoms. The average molecular weight is 483 g/mol. The van der Waals surface area contributed by atoms with E-state index in [9.17, 15) is 0 Å². The normalized spacial score (nSPS) is 15.9. The van der Waals surface area contributed by atoms with Crippen LogP contribution < -0.4 is 5.32 Å². The number of hydrogen-bond donors (Lipinski definition) is 2. The van der Waals surface area contributed by atoms with Crippen LogP contribution in [0.4, 0.5) is 0 Å². The molecule has 0 aliphatic carbocycles. The van der Waals surface area contributed by atoms with Gasteiger partial charge in [-0.2, -0.15) is 11.8 Å². The number of thioether (sulfide) groups is 1. The molecule has 1 atom stereocenters. The van der Waals surface area contributed by atoms with E-state index in [1.165, 1.54) is 41.6 Å². The first kappa shape index (κ1) is 28.2. The second-order valence-corrected chi connectivity index (χ2v) is 10.8. The second-order valence-electron chi connectivity index (χ2n) is 9.69. The van der Waals surface area contributed by atoms with Crippen molar-refractivity contribution in [3.63, 3.8) is 0 Å². The van der Waals surface area contributed by atoms with Gasteiger partial charge in [0.2, 0.25) is 0 Å². The Hall–Kier alpha value is -2.01. The largest absolute Gasteiger partial charge is 0.363 e. The van der Waals surface area contributed by atoms with Gasteiger partial charge in [-0.05, 0) is 79.6 Å². The van der Waals surface area contributed by atoms with E-state index < -0.39 is 0 Å². The summed E-state index contributed by atoms with van der Waals surface area (Å²) in [6.45, 7) is 12.1. The number of amidine groups is 1. The Morgan fingerprint density at radius 2 is 1.62 bits per heavy atom. The lowest BCUT2D eigenvalue weighted by Gasteiger charge is -2.17. The van der Waals surface area contributed by atoms with Crippen LogP contribution in [0.25, 0.3) is 0 Å². The SMILES string of the molecule is CC(C)=CCC/C(C)=C/CC/C(C)=C/CC/C(C)=C/CSCC(NC1=NCCC1)c1ncc[nH]1. The monoisotopic (exact) mass is 482 g/mol. The highest BCUT2D eigenvalue weighted by Crippen LogP contribution is 2.19. The van der Waals surface area contributed by atoms with Crippen LogP contribution in [0.1, 0.15) is 97.9 Å². The van der Waals surface area contributed by atoms with Crippen LogP contribution in [0.3, 0.4) is 0 Å². The molecule has 4 nitrogen and oxygen atoms in total. The number of hydrogen-bond acceptors (Lipinski definition) is 4. The first-order valence-electron chi connectivity index (χ1n) is 12.9. The molecular formula is C29H46N4S. The van der Waals surface area contributed by atoms with Crippen molar-refractivity contribution in [3.05, 3.63) is 64.8 Å². The van der Waals surface area contributed by atoms with E-state index in [0.29, 0.717) is 0 Å².